The molecule has 0 aliphatic carbocycles. The first-order valence-electron chi connectivity index (χ1n) is 15.1. The van der Waals surface area contributed by atoms with Gasteiger partial charge in [-0.3, -0.25) is 9.59 Å². The summed E-state index contributed by atoms with van der Waals surface area (Å²) in [6.45, 7) is 0.569. The van der Waals surface area contributed by atoms with Gasteiger partial charge in [-0.1, -0.05) is 96.2 Å². The molecule has 0 unspecified atom stereocenters. The van der Waals surface area contributed by atoms with Crippen LogP contribution < -0.4 is 10.6 Å². The first kappa shape index (κ1) is 37.2. The molecule has 2 amide bonds. The second kappa shape index (κ2) is 20.1. The molecule has 0 aliphatic rings. The van der Waals surface area contributed by atoms with Crippen molar-refractivity contribution in [3.05, 3.63) is 131 Å². The van der Waals surface area contributed by atoms with Crippen LogP contribution >= 0.6 is 0 Å². The summed E-state index contributed by atoms with van der Waals surface area (Å²) in [6, 6.07) is 24.9. The van der Waals surface area contributed by atoms with E-state index < -0.39 is 24.0 Å². The largest absolute Gasteiger partial charge is 0.479 e. The third-order valence-corrected chi connectivity index (χ3v) is 6.92. The number of aryl methyl sites for hydroxylation is 2. The summed E-state index contributed by atoms with van der Waals surface area (Å²) in [5.41, 5.74) is 3.64. The minimum Gasteiger partial charge on any atom is -0.479 e. The maximum Gasteiger partial charge on any atom is 0.330 e. The smallest absolute Gasteiger partial charge is 0.330 e. The Bertz CT molecular complexity index is 1720. The second-order valence-electron chi connectivity index (χ2n) is 10.3. The summed E-state index contributed by atoms with van der Waals surface area (Å²) in [7, 11) is 1.00. The number of carbonyl (C=O) groups excluding carboxylic acids is 2. The lowest BCUT2D eigenvalue weighted by Crippen LogP contribution is -2.33. The van der Waals surface area contributed by atoms with Gasteiger partial charge in [0, 0.05) is 26.4 Å². The van der Waals surface area contributed by atoms with E-state index in [1.54, 1.807) is 71.5 Å². The lowest BCUT2D eigenvalue weighted by Gasteiger charge is -2.15. The Kier molecular flexibility index (Phi) is 15.3. The van der Waals surface area contributed by atoms with E-state index in [4.69, 9.17) is 5.11 Å². The Labute approximate surface area is 282 Å². The van der Waals surface area contributed by atoms with Crippen LogP contribution in [-0.4, -0.2) is 76.6 Å². The fourth-order valence-electron chi connectivity index (χ4n) is 4.52. The van der Waals surface area contributed by atoms with Crippen LogP contribution in [0.2, 0.25) is 0 Å². The highest BCUT2D eigenvalue weighted by atomic mass is 16.4. The van der Waals surface area contributed by atoms with Crippen LogP contribution in [-0.2, 0) is 38.6 Å². The molecule has 2 atom stereocenters. The van der Waals surface area contributed by atoms with Crippen molar-refractivity contribution in [3.8, 4) is 0 Å². The number of nitrogens with one attached hydrogen (secondary N) is 3. The number of aliphatic carboxylic acids is 2. The van der Waals surface area contributed by atoms with Crippen LogP contribution in [0.15, 0.2) is 103 Å². The molecule has 15 nitrogen and oxygen atoms in total. The lowest BCUT2D eigenvalue weighted by molar-refractivity contribution is -0.142. The molecular weight excluding hydrogens is 632 g/mol. The molecular formula is C34H38N8O7. The fourth-order valence-corrected chi connectivity index (χ4v) is 4.52. The monoisotopic (exact) mass is 670 g/mol. The van der Waals surface area contributed by atoms with E-state index in [1.807, 2.05) is 30.3 Å². The number of carboxylic acids is 2. The van der Waals surface area contributed by atoms with Gasteiger partial charge in [-0.15, -0.1) is 5.10 Å². The Hall–Kier alpha value is -6.22. The van der Waals surface area contributed by atoms with Gasteiger partial charge in [0.2, 0.25) is 11.8 Å². The molecule has 0 spiro atoms. The number of amides is 2. The standard InChI is InChI=1S/C20H20N4O3.C13H14N4O3.CH4O/c25-18(22-19(20(26)27)16-9-5-2-6-10-16)12-11-17-13-21-23-24(17)14-15-7-3-1-4-8-15;18-11(7-6-10-8-14-17-16-10)15-12(13(19)20)9-4-2-1-3-5-9;1-2/h1-10,13,19H,11-12,14H2,(H,22,25)(H,26,27);1-5,8,12H,6-7H2,(H,15,18)(H,19,20)(H,14,16,17);2H,1H3/t19-;12-;/m11./s1. The van der Waals surface area contributed by atoms with E-state index in [1.165, 1.54) is 6.20 Å². The molecule has 5 aromatic rings. The average Bonchev–Trinajstić information content (AvgIpc) is 3.82. The number of carbonyl (C=O) groups is 4. The summed E-state index contributed by atoms with van der Waals surface area (Å²) in [5.74, 6) is -2.86. The van der Waals surface area contributed by atoms with Gasteiger partial charge in [-0.25, -0.2) is 14.3 Å². The quantitative estimate of drug-likeness (QED) is 0.101. The number of benzene rings is 3. The van der Waals surface area contributed by atoms with Crippen molar-refractivity contribution >= 4 is 23.8 Å². The first-order chi connectivity index (χ1) is 23.8. The fraction of sp³-hybridized carbons (Fsp3) is 0.235. The Morgan fingerprint density at radius 1 is 0.714 bits per heavy atom. The van der Waals surface area contributed by atoms with Crippen LogP contribution in [0.3, 0.4) is 0 Å². The van der Waals surface area contributed by atoms with Gasteiger partial charge in [0.1, 0.15) is 0 Å². The van der Waals surface area contributed by atoms with Crippen molar-refractivity contribution in [2.45, 2.75) is 44.3 Å². The van der Waals surface area contributed by atoms with E-state index in [9.17, 15) is 29.4 Å². The Balaban J connectivity index is 0.000000263. The molecule has 0 bridgehead atoms. The summed E-state index contributed by atoms with van der Waals surface area (Å²) >= 11 is 0. The van der Waals surface area contributed by atoms with E-state index in [0.717, 1.165) is 18.4 Å². The van der Waals surface area contributed by atoms with Crippen molar-refractivity contribution in [1.29, 1.82) is 0 Å². The summed E-state index contributed by atoms with van der Waals surface area (Å²) in [6.07, 6.45) is 4.29. The van der Waals surface area contributed by atoms with Gasteiger partial charge in [0.05, 0.1) is 30.3 Å². The highest BCUT2D eigenvalue weighted by molar-refractivity contribution is 5.85. The third-order valence-electron chi connectivity index (χ3n) is 6.92. The molecule has 49 heavy (non-hydrogen) atoms. The number of carboxylic acid groups (broad SMARTS) is 2. The summed E-state index contributed by atoms with van der Waals surface area (Å²) < 4.78 is 1.74. The topological polar surface area (TPSA) is 225 Å². The number of aliphatic hydroxyl groups excluding tert-OH is 1. The number of hydrogen-bond acceptors (Lipinski definition) is 9. The minimum atomic E-state index is -1.09. The number of aromatic amines is 1. The Morgan fingerprint density at radius 3 is 1.67 bits per heavy atom. The minimum absolute atomic E-state index is 0.152. The molecule has 2 heterocycles. The number of hydrogen-bond donors (Lipinski definition) is 6. The van der Waals surface area contributed by atoms with E-state index >= 15 is 0 Å². The zero-order valence-corrected chi connectivity index (χ0v) is 26.7. The van der Waals surface area contributed by atoms with Gasteiger partial charge in [0.15, 0.2) is 12.1 Å². The average molecular weight is 671 g/mol. The van der Waals surface area contributed by atoms with Crippen molar-refractivity contribution in [3.63, 3.8) is 0 Å². The van der Waals surface area contributed by atoms with E-state index in [0.29, 0.717) is 36.2 Å². The molecule has 5 rings (SSSR count). The van der Waals surface area contributed by atoms with Gasteiger partial charge in [-0.05, 0) is 23.1 Å². The number of H-pyrrole nitrogens is 1. The summed E-state index contributed by atoms with van der Waals surface area (Å²) in [4.78, 5) is 46.8. The molecule has 6 N–H and O–H groups in total. The van der Waals surface area contributed by atoms with Gasteiger partial charge in [0.25, 0.3) is 0 Å². The predicted molar refractivity (Wildman–Crippen MR) is 177 cm³/mol. The zero-order valence-electron chi connectivity index (χ0n) is 26.7. The highest BCUT2D eigenvalue weighted by Gasteiger charge is 2.23. The zero-order chi connectivity index (χ0) is 35.4. The van der Waals surface area contributed by atoms with Crippen LogP contribution in [0.25, 0.3) is 0 Å². The van der Waals surface area contributed by atoms with Crippen molar-refractivity contribution < 1.29 is 34.5 Å². The molecule has 0 radical (unpaired) electrons. The molecule has 0 aliphatic heterocycles. The first-order valence-corrected chi connectivity index (χ1v) is 15.1. The van der Waals surface area contributed by atoms with Crippen LogP contribution in [0, 0.1) is 0 Å². The molecule has 3 aromatic carbocycles. The van der Waals surface area contributed by atoms with Crippen LogP contribution in [0.1, 0.15) is 53.0 Å². The SMILES string of the molecule is CO.O=C(CCc1cn[nH]n1)N[C@@H](C(=O)O)c1ccccc1.O=C(CCc1cnnn1Cc1ccccc1)N[C@@H](C(=O)O)c1ccccc1. The Morgan fingerprint density at radius 2 is 1.20 bits per heavy atom. The highest BCUT2D eigenvalue weighted by Crippen LogP contribution is 2.15. The van der Waals surface area contributed by atoms with Crippen molar-refractivity contribution in [1.82, 2.24) is 41.0 Å². The molecule has 2 aromatic heterocycles. The third kappa shape index (κ3) is 12.5. The molecule has 0 saturated carbocycles. The molecule has 256 valence electrons. The molecule has 15 heteroatoms. The predicted octanol–water partition coefficient (Wildman–Crippen LogP) is 2.49. The maximum atomic E-state index is 12.3. The van der Waals surface area contributed by atoms with Crippen molar-refractivity contribution in [2.75, 3.05) is 7.11 Å². The number of aliphatic hydroxyl groups is 1. The lowest BCUT2D eigenvalue weighted by atomic mass is 10.1. The van der Waals surface area contributed by atoms with Gasteiger partial charge in [-0.2, -0.15) is 15.4 Å². The van der Waals surface area contributed by atoms with Crippen LogP contribution in [0.4, 0.5) is 0 Å². The molecule has 0 saturated heterocycles. The number of nitrogens with zero attached hydrogens (tertiary/aromatic N) is 5. The summed E-state index contributed by atoms with van der Waals surface area (Å²) in [5, 5.41) is 48.6. The van der Waals surface area contributed by atoms with E-state index in [-0.39, 0.29) is 24.7 Å². The van der Waals surface area contributed by atoms with E-state index in [2.05, 4.69) is 36.4 Å². The number of aromatic nitrogens is 6. The second-order valence-corrected chi connectivity index (χ2v) is 10.3. The van der Waals surface area contributed by atoms with Crippen molar-refractivity contribution in [2.24, 2.45) is 0 Å². The number of rotatable bonds is 14. The molecule has 0 fully saturated rings. The normalized spacial score (nSPS) is 11.4. The maximum absolute atomic E-state index is 12.3. The van der Waals surface area contributed by atoms with Crippen LogP contribution in [0.5, 0.6) is 0 Å². The van der Waals surface area contributed by atoms with Gasteiger partial charge >= 0.3 is 11.9 Å². The van der Waals surface area contributed by atoms with Gasteiger partial charge < -0.3 is 26.0 Å².